The highest BCUT2D eigenvalue weighted by Gasteiger charge is 2.13. The van der Waals surface area contributed by atoms with Crippen molar-refractivity contribution in [2.24, 2.45) is 0 Å². The molecule has 3 rings (SSSR count). The molecule has 3 aromatic rings. The lowest BCUT2D eigenvalue weighted by molar-refractivity contribution is 0.595. The highest BCUT2D eigenvalue weighted by molar-refractivity contribution is 9.10. The first-order chi connectivity index (χ1) is 10.0. The van der Waals surface area contributed by atoms with Crippen LogP contribution in [0.4, 0.5) is 8.78 Å². The topological polar surface area (TPSA) is 12.9 Å². The third kappa shape index (κ3) is 2.89. The number of thiazole rings is 1. The van der Waals surface area contributed by atoms with Gasteiger partial charge in [-0.2, -0.15) is 0 Å². The van der Waals surface area contributed by atoms with Crippen molar-refractivity contribution in [3.05, 3.63) is 63.4 Å². The molecule has 2 aromatic carbocycles. The van der Waals surface area contributed by atoms with Gasteiger partial charge in [-0.25, -0.2) is 13.8 Å². The first-order valence-electron chi connectivity index (χ1n) is 6.22. The highest BCUT2D eigenvalue weighted by Crippen LogP contribution is 2.31. The molecule has 0 saturated heterocycles. The maximum absolute atomic E-state index is 14.0. The molecule has 1 nitrogen and oxygen atoms in total. The average Bonchev–Trinajstić information content (AvgIpc) is 2.93. The summed E-state index contributed by atoms with van der Waals surface area (Å²) >= 11 is 4.78. The Kier molecular flexibility index (Phi) is 3.87. The normalized spacial score (nSPS) is 10.9. The Morgan fingerprint density at radius 3 is 2.48 bits per heavy atom. The predicted octanol–water partition coefficient (Wildman–Crippen LogP) is 5.83. The Labute approximate surface area is 133 Å². The van der Waals surface area contributed by atoms with Crippen molar-refractivity contribution in [1.29, 1.82) is 0 Å². The van der Waals surface area contributed by atoms with Crippen molar-refractivity contribution in [3.63, 3.8) is 0 Å². The summed E-state index contributed by atoms with van der Waals surface area (Å²) < 4.78 is 28.6. The van der Waals surface area contributed by atoms with E-state index >= 15 is 0 Å². The zero-order chi connectivity index (χ0) is 15.0. The summed E-state index contributed by atoms with van der Waals surface area (Å²) in [5.74, 6) is -0.883. The molecule has 0 bridgehead atoms. The summed E-state index contributed by atoms with van der Waals surface area (Å²) in [6.45, 7) is 1.54. The Morgan fingerprint density at radius 1 is 1.05 bits per heavy atom. The van der Waals surface area contributed by atoms with Crippen LogP contribution in [0.25, 0.3) is 21.8 Å². The van der Waals surface area contributed by atoms with Crippen molar-refractivity contribution in [2.45, 2.75) is 6.92 Å². The van der Waals surface area contributed by atoms with Gasteiger partial charge >= 0.3 is 0 Å². The first-order valence-corrected chi connectivity index (χ1v) is 7.89. The van der Waals surface area contributed by atoms with Crippen LogP contribution in [-0.4, -0.2) is 4.98 Å². The smallest absolute Gasteiger partial charge is 0.133 e. The van der Waals surface area contributed by atoms with E-state index in [1.165, 1.54) is 30.4 Å². The third-order valence-electron chi connectivity index (χ3n) is 3.12. The maximum Gasteiger partial charge on any atom is 0.133 e. The van der Waals surface area contributed by atoms with Crippen LogP contribution in [0.5, 0.6) is 0 Å². The summed E-state index contributed by atoms with van der Waals surface area (Å²) in [6, 6.07) is 10.1. The minimum atomic E-state index is -0.457. The molecule has 0 N–H and O–H groups in total. The van der Waals surface area contributed by atoms with Gasteiger partial charge in [-0.3, -0.25) is 0 Å². The van der Waals surface area contributed by atoms with E-state index in [4.69, 9.17) is 0 Å². The first kappa shape index (κ1) is 14.4. The molecule has 0 atom stereocenters. The van der Waals surface area contributed by atoms with Gasteiger partial charge < -0.3 is 0 Å². The van der Waals surface area contributed by atoms with E-state index in [1.54, 1.807) is 5.38 Å². The Morgan fingerprint density at radius 2 is 1.76 bits per heavy atom. The lowest BCUT2D eigenvalue weighted by atomic mass is 10.1. The molecule has 21 heavy (non-hydrogen) atoms. The van der Waals surface area contributed by atoms with Gasteiger partial charge in [0.25, 0.3) is 0 Å². The average molecular weight is 366 g/mol. The zero-order valence-electron chi connectivity index (χ0n) is 11.0. The largest absolute Gasteiger partial charge is 0.236 e. The van der Waals surface area contributed by atoms with Crippen molar-refractivity contribution in [3.8, 4) is 21.8 Å². The number of halogens is 3. The molecule has 0 aliphatic rings. The number of nitrogens with zero attached hydrogens (tertiary/aromatic N) is 1. The van der Waals surface area contributed by atoms with Gasteiger partial charge in [0, 0.05) is 21.0 Å². The number of benzene rings is 2. The monoisotopic (exact) mass is 365 g/mol. The molecule has 0 aliphatic heterocycles. The van der Waals surface area contributed by atoms with Gasteiger partial charge in [0.1, 0.15) is 16.6 Å². The molecular weight excluding hydrogens is 356 g/mol. The summed E-state index contributed by atoms with van der Waals surface area (Å²) in [6.07, 6.45) is 0. The molecule has 5 heteroatoms. The quantitative estimate of drug-likeness (QED) is 0.556. The second-order valence-corrected chi connectivity index (χ2v) is 6.40. The van der Waals surface area contributed by atoms with Crippen LogP contribution >= 0.6 is 27.3 Å². The minimum absolute atomic E-state index is 0.192. The van der Waals surface area contributed by atoms with Crippen molar-refractivity contribution in [1.82, 2.24) is 4.98 Å². The molecule has 106 valence electrons. The van der Waals surface area contributed by atoms with Crippen LogP contribution in [0.1, 0.15) is 5.56 Å². The summed E-state index contributed by atoms with van der Waals surface area (Å²) in [4.78, 5) is 4.41. The number of aromatic nitrogens is 1. The number of hydrogen-bond acceptors (Lipinski definition) is 2. The molecule has 0 spiro atoms. The lowest BCUT2D eigenvalue weighted by Crippen LogP contribution is -1.90. The molecule has 0 saturated carbocycles. The second-order valence-electron chi connectivity index (χ2n) is 4.63. The molecule has 0 amide bonds. The fourth-order valence-electron chi connectivity index (χ4n) is 1.97. The van der Waals surface area contributed by atoms with Gasteiger partial charge in [0.2, 0.25) is 0 Å². The van der Waals surface area contributed by atoms with E-state index in [9.17, 15) is 8.78 Å². The van der Waals surface area contributed by atoms with Gasteiger partial charge in [0.15, 0.2) is 0 Å². The van der Waals surface area contributed by atoms with E-state index in [-0.39, 0.29) is 5.56 Å². The van der Waals surface area contributed by atoms with Crippen LogP contribution in [0.3, 0.4) is 0 Å². The van der Waals surface area contributed by atoms with Crippen LogP contribution in [0, 0.1) is 18.6 Å². The van der Waals surface area contributed by atoms with Crippen LogP contribution in [0.2, 0.25) is 0 Å². The van der Waals surface area contributed by atoms with Crippen molar-refractivity contribution < 1.29 is 8.78 Å². The van der Waals surface area contributed by atoms with Gasteiger partial charge in [-0.05, 0) is 36.8 Å². The number of hydrogen-bond donors (Lipinski definition) is 0. The molecular formula is C16H10BrF2NS. The zero-order valence-corrected chi connectivity index (χ0v) is 13.4. The lowest BCUT2D eigenvalue weighted by Gasteiger charge is -2.02. The SMILES string of the molecule is Cc1cc(F)c(-c2csc(-c3ccc(Br)cc3)n2)cc1F. The number of aryl methyl sites for hydroxylation is 1. The standard InChI is InChI=1S/C16H10BrF2NS/c1-9-6-14(19)12(7-13(9)18)15-8-21-16(20-15)10-2-4-11(17)5-3-10/h2-8H,1H3. The van der Waals surface area contributed by atoms with Gasteiger partial charge in [-0.1, -0.05) is 28.1 Å². The fourth-order valence-corrected chi connectivity index (χ4v) is 3.06. The van der Waals surface area contributed by atoms with Crippen LogP contribution < -0.4 is 0 Å². The maximum atomic E-state index is 14.0. The Bertz CT molecular complexity index is 797. The Hall–Kier alpha value is -1.59. The van der Waals surface area contributed by atoms with Crippen molar-refractivity contribution >= 4 is 27.3 Å². The van der Waals surface area contributed by atoms with Crippen LogP contribution in [-0.2, 0) is 0 Å². The third-order valence-corrected chi connectivity index (χ3v) is 4.54. The van der Waals surface area contributed by atoms with Gasteiger partial charge in [0.05, 0.1) is 5.69 Å². The molecule has 1 heterocycles. The van der Waals surface area contributed by atoms with E-state index in [2.05, 4.69) is 20.9 Å². The molecule has 1 aromatic heterocycles. The molecule has 0 unspecified atom stereocenters. The van der Waals surface area contributed by atoms with Gasteiger partial charge in [-0.15, -0.1) is 11.3 Å². The highest BCUT2D eigenvalue weighted by atomic mass is 79.9. The second kappa shape index (κ2) is 5.66. The molecule has 0 radical (unpaired) electrons. The predicted molar refractivity (Wildman–Crippen MR) is 85.3 cm³/mol. The number of rotatable bonds is 2. The van der Waals surface area contributed by atoms with Crippen molar-refractivity contribution in [2.75, 3.05) is 0 Å². The Balaban J connectivity index is 2.02. The fraction of sp³-hybridized carbons (Fsp3) is 0.0625. The summed E-state index contributed by atoms with van der Waals surface area (Å²) in [7, 11) is 0. The van der Waals surface area contributed by atoms with E-state index in [0.717, 1.165) is 15.0 Å². The summed E-state index contributed by atoms with van der Waals surface area (Å²) in [5.41, 5.74) is 1.88. The van der Waals surface area contributed by atoms with E-state index in [1.807, 2.05) is 24.3 Å². The minimum Gasteiger partial charge on any atom is -0.236 e. The summed E-state index contributed by atoms with van der Waals surface area (Å²) in [5, 5.41) is 2.52. The van der Waals surface area contributed by atoms with E-state index < -0.39 is 11.6 Å². The molecule has 0 fully saturated rings. The molecule has 0 aliphatic carbocycles. The van der Waals surface area contributed by atoms with E-state index in [0.29, 0.717) is 11.3 Å². The van der Waals surface area contributed by atoms with Crippen LogP contribution in [0.15, 0.2) is 46.3 Å².